The molecule has 0 unspecified atom stereocenters. The van der Waals surface area contributed by atoms with Crippen LogP contribution in [0.25, 0.3) is 0 Å². The third kappa shape index (κ3) is 2.94. The molecule has 11 heavy (non-hydrogen) atoms. The molecule has 0 saturated heterocycles. The molecular weight excluding hydrogens is 136 g/mol. The van der Waals surface area contributed by atoms with Crippen molar-refractivity contribution in [2.45, 2.75) is 13.3 Å². The second-order valence-electron chi connectivity index (χ2n) is 2.32. The van der Waals surface area contributed by atoms with Gasteiger partial charge in [0.15, 0.2) is 0 Å². The summed E-state index contributed by atoms with van der Waals surface area (Å²) in [5, 5.41) is 0. The molecule has 2 nitrogen and oxygen atoms in total. The Bertz CT molecular complexity index is 216. The molecule has 0 spiro atoms. The number of rotatable bonds is 3. The molecule has 0 saturated carbocycles. The van der Waals surface area contributed by atoms with E-state index in [0.717, 1.165) is 18.5 Å². The summed E-state index contributed by atoms with van der Waals surface area (Å²) in [4.78, 5) is 8.12. The van der Waals surface area contributed by atoms with E-state index in [4.69, 9.17) is 0 Å². The van der Waals surface area contributed by atoms with E-state index in [1.807, 2.05) is 18.3 Å². The highest BCUT2D eigenvalue weighted by Gasteiger charge is 1.81. The summed E-state index contributed by atoms with van der Waals surface area (Å²) in [5.41, 5.74) is 1.12. The average molecular weight is 148 g/mol. The second-order valence-corrected chi connectivity index (χ2v) is 2.32. The fraction of sp³-hybridized carbons (Fsp3) is 0.333. The molecule has 0 atom stereocenters. The van der Waals surface area contributed by atoms with Gasteiger partial charge in [0.05, 0.1) is 0 Å². The Morgan fingerprint density at radius 3 is 2.82 bits per heavy atom. The number of pyridine rings is 1. The molecule has 1 aromatic heterocycles. The summed E-state index contributed by atoms with van der Waals surface area (Å²) < 4.78 is 0. The van der Waals surface area contributed by atoms with E-state index < -0.39 is 0 Å². The van der Waals surface area contributed by atoms with Gasteiger partial charge in [-0.2, -0.15) is 0 Å². The summed E-state index contributed by atoms with van der Waals surface area (Å²) in [6, 6.07) is 3.89. The molecule has 0 amide bonds. The van der Waals surface area contributed by atoms with E-state index in [1.165, 1.54) is 0 Å². The molecule has 1 aromatic rings. The fourth-order valence-electron chi connectivity index (χ4n) is 0.749. The SMILES string of the molecule is CCCN=Cc1ccncc1. The van der Waals surface area contributed by atoms with Crippen molar-refractivity contribution in [3.8, 4) is 0 Å². The van der Waals surface area contributed by atoms with Crippen molar-refractivity contribution >= 4 is 6.21 Å². The zero-order chi connectivity index (χ0) is 7.94. The van der Waals surface area contributed by atoms with Crippen molar-refractivity contribution in [2.24, 2.45) is 4.99 Å². The molecule has 58 valence electrons. The zero-order valence-corrected chi connectivity index (χ0v) is 6.70. The van der Waals surface area contributed by atoms with Crippen LogP contribution in [0.4, 0.5) is 0 Å². The molecular formula is C9H12N2. The van der Waals surface area contributed by atoms with E-state index in [2.05, 4.69) is 16.9 Å². The number of aliphatic imine (C=N–C) groups is 1. The van der Waals surface area contributed by atoms with E-state index in [9.17, 15) is 0 Å². The molecule has 0 N–H and O–H groups in total. The molecule has 0 fully saturated rings. The quantitative estimate of drug-likeness (QED) is 0.601. The lowest BCUT2D eigenvalue weighted by atomic mass is 10.3. The smallest absolute Gasteiger partial charge is 0.0386 e. The Hall–Kier alpha value is -1.18. The van der Waals surface area contributed by atoms with Gasteiger partial charge in [-0.05, 0) is 24.1 Å². The van der Waals surface area contributed by atoms with Gasteiger partial charge < -0.3 is 0 Å². The lowest BCUT2D eigenvalue weighted by Crippen LogP contribution is -1.82. The summed E-state index contributed by atoms with van der Waals surface area (Å²) in [7, 11) is 0. The second kappa shape index (κ2) is 4.61. The molecule has 0 bridgehead atoms. The van der Waals surface area contributed by atoms with Crippen LogP contribution in [-0.2, 0) is 0 Å². The van der Waals surface area contributed by atoms with E-state index in [-0.39, 0.29) is 0 Å². The molecule has 0 aliphatic heterocycles. The Balaban J connectivity index is 2.50. The van der Waals surface area contributed by atoms with Crippen LogP contribution in [-0.4, -0.2) is 17.7 Å². The summed E-state index contributed by atoms with van der Waals surface area (Å²) in [5.74, 6) is 0. The van der Waals surface area contributed by atoms with Crippen LogP contribution in [0.5, 0.6) is 0 Å². The Labute approximate surface area is 67.0 Å². The molecule has 0 aliphatic carbocycles. The maximum atomic E-state index is 4.21. The van der Waals surface area contributed by atoms with Gasteiger partial charge in [0, 0.05) is 25.2 Å². The number of nitrogens with zero attached hydrogens (tertiary/aromatic N) is 2. The van der Waals surface area contributed by atoms with Gasteiger partial charge in [0.25, 0.3) is 0 Å². The number of aromatic nitrogens is 1. The Morgan fingerprint density at radius 2 is 2.18 bits per heavy atom. The highest BCUT2D eigenvalue weighted by molar-refractivity contribution is 5.79. The first-order valence-electron chi connectivity index (χ1n) is 3.83. The van der Waals surface area contributed by atoms with Gasteiger partial charge in [0.1, 0.15) is 0 Å². The number of hydrogen-bond acceptors (Lipinski definition) is 2. The Kier molecular flexibility index (Phi) is 3.32. The van der Waals surface area contributed by atoms with Crippen LogP contribution >= 0.6 is 0 Å². The zero-order valence-electron chi connectivity index (χ0n) is 6.70. The fourth-order valence-corrected chi connectivity index (χ4v) is 0.749. The standard InChI is InChI=1S/C9H12N2/c1-2-5-11-8-9-3-6-10-7-4-9/h3-4,6-8H,2,5H2,1H3. The predicted octanol–water partition coefficient (Wildman–Crippen LogP) is 1.91. The number of hydrogen-bond donors (Lipinski definition) is 0. The summed E-state index contributed by atoms with van der Waals surface area (Å²) in [6.45, 7) is 3.02. The molecule has 0 aromatic carbocycles. The molecule has 1 rings (SSSR count). The highest BCUT2D eigenvalue weighted by Crippen LogP contribution is 1.91. The minimum atomic E-state index is 0.905. The lowest BCUT2D eigenvalue weighted by Gasteiger charge is -1.89. The minimum Gasteiger partial charge on any atom is -0.293 e. The molecule has 2 heteroatoms. The van der Waals surface area contributed by atoms with Gasteiger partial charge in [0.2, 0.25) is 0 Å². The van der Waals surface area contributed by atoms with Crippen molar-refractivity contribution in [2.75, 3.05) is 6.54 Å². The third-order valence-electron chi connectivity index (χ3n) is 1.30. The van der Waals surface area contributed by atoms with Crippen LogP contribution in [0.1, 0.15) is 18.9 Å². The maximum Gasteiger partial charge on any atom is 0.0386 e. The molecule has 1 heterocycles. The van der Waals surface area contributed by atoms with Gasteiger partial charge in [-0.3, -0.25) is 9.98 Å². The van der Waals surface area contributed by atoms with Gasteiger partial charge in [-0.15, -0.1) is 0 Å². The largest absolute Gasteiger partial charge is 0.293 e. The minimum absolute atomic E-state index is 0.905. The van der Waals surface area contributed by atoms with Crippen LogP contribution in [0.2, 0.25) is 0 Å². The molecule has 0 aliphatic rings. The summed E-state index contributed by atoms with van der Waals surface area (Å²) >= 11 is 0. The maximum absolute atomic E-state index is 4.21. The summed E-state index contributed by atoms with van der Waals surface area (Å²) in [6.07, 6.45) is 6.52. The van der Waals surface area contributed by atoms with Crippen molar-refractivity contribution in [3.05, 3.63) is 30.1 Å². The van der Waals surface area contributed by atoms with Gasteiger partial charge >= 0.3 is 0 Å². The van der Waals surface area contributed by atoms with Crippen molar-refractivity contribution in [1.82, 2.24) is 4.98 Å². The molecule has 0 radical (unpaired) electrons. The topological polar surface area (TPSA) is 25.2 Å². The van der Waals surface area contributed by atoms with Crippen molar-refractivity contribution < 1.29 is 0 Å². The van der Waals surface area contributed by atoms with Gasteiger partial charge in [-0.1, -0.05) is 6.92 Å². The van der Waals surface area contributed by atoms with Crippen LogP contribution < -0.4 is 0 Å². The van der Waals surface area contributed by atoms with Crippen molar-refractivity contribution in [1.29, 1.82) is 0 Å². The predicted molar refractivity (Wildman–Crippen MR) is 47.0 cm³/mol. The van der Waals surface area contributed by atoms with E-state index in [0.29, 0.717) is 0 Å². The Morgan fingerprint density at radius 1 is 1.45 bits per heavy atom. The monoisotopic (exact) mass is 148 g/mol. The first-order valence-corrected chi connectivity index (χ1v) is 3.83. The third-order valence-corrected chi connectivity index (χ3v) is 1.30. The van der Waals surface area contributed by atoms with Gasteiger partial charge in [-0.25, -0.2) is 0 Å². The van der Waals surface area contributed by atoms with Crippen molar-refractivity contribution in [3.63, 3.8) is 0 Å². The van der Waals surface area contributed by atoms with E-state index >= 15 is 0 Å². The first-order chi connectivity index (χ1) is 5.43. The van der Waals surface area contributed by atoms with Crippen LogP contribution in [0.15, 0.2) is 29.5 Å². The first kappa shape index (κ1) is 7.92. The average Bonchev–Trinajstić information content (AvgIpc) is 2.07. The van der Waals surface area contributed by atoms with Crippen LogP contribution in [0.3, 0.4) is 0 Å². The normalized spacial score (nSPS) is 10.6. The van der Waals surface area contributed by atoms with Crippen LogP contribution in [0, 0.1) is 0 Å². The van der Waals surface area contributed by atoms with E-state index in [1.54, 1.807) is 12.4 Å². The highest BCUT2D eigenvalue weighted by atomic mass is 14.7. The lowest BCUT2D eigenvalue weighted by molar-refractivity contribution is 0.937.